The fourth-order valence-corrected chi connectivity index (χ4v) is 3.08. The molecule has 0 saturated carbocycles. The van der Waals surface area contributed by atoms with Crippen LogP contribution in [-0.2, 0) is 22.6 Å². The van der Waals surface area contributed by atoms with E-state index in [0.29, 0.717) is 23.8 Å². The van der Waals surface area contributed by atoms with Gasteiger partial charge in [0.1, 0.15) is 5.82 Å². The van der Waals surface area contributed by atoms with Gasteiger partial charge in [-0.1, -0.05) is 18.5 Å². The minimum absolute atomic E-state index is 0.250. The minimum atomic E-state index is -4.24. The summed E-state index contributed by atoms with van der Waals surface area (Å²) in [4.78, 5) is 20.5. The van der Waals surface area contributed by atoms with E-state index in [9.17, 15) is 13.2 Å². The number of nitrogens with one attached hydrogen (secondary N) is 1. The van der Waals surface area contributed by atoms with E-state index in [0.717, 1.165) is 16.8 Å². The van der Waals surface area contributed by atoms with Crippen molar-refractivity contribution >= 4 is 23.6 Å². The Morgan fingerprint density at radius 2 is 1.82 bits per heavy atom. The first kappa shape index (κ1) is 23.7. The van der Waals surface area contributed by atoms with Crippen molar-refractivity contribution in [2.24, 2.45) is 0 Å². The molecule has 0 amide bonds. The van der Waals surface area contributed by atoms with E-state index in [1.54, 1.807) is 23.1 Å². The monoisotopic (exact) mass is 418 g/mol. The van der Waals surface area contributed by atoms with Gasteiger partial charge >= 0.3 is 12.3 Å². The van der Waals surface area contributed by atoms with Gasteiger partial charge in [0.2, 0.25) is 0 Å². The second kappa shape index (κ2) is 9.71. The Kier molecular flexibility index (Phi) is 8.20. The summed E-state index contributed by atoms with van der Waals surface area (Å²) >= 11 is 6.25. The molecule has 0 aromatic carbocycles. The van der Waals surface area contributed by atoms with Gasteiger partial charge in [0, 0.05) is 23.8 Å². The summed E-state index contributed by atoms with van der Waals surface area (Å²) in [5.41, 5.74) is 1.40. The smallest absolute Gasteiger partial charge is 0.365 e. The molecule has 10 heteroatoms. The molecule has 0 bridgehead atoms. The van der Waals surface area contributed by atoms with Crippen LogP contribution in [0.2, 0.25) is 5.02 Å². The number of rotatable bonds is 6. The standard InChI is InChI=1S/C17H22ClF3N4.CO2/c1-5-11-7-14(24-16(3,4)10-17(19,20)21)22-8-12(11)15-13(18)9-23-25(15)6-2;2-1-3/h7-9H,5-6,10H2,1-4H3,(H,22,24);. The summed E-state index contributed by atoms with van der Waals surface area (Å²) in [5.74, 6) is 0.411. The molecule has 0 spiro atoms. The Bertz CT molecular complexity index is 829. The molecule has 2 aromatic rings. The van der Waals surface area contributed by atoms with Crippen LogP contribution in [-0.4, -0.2) is 32.6 Å². The predicted octanol–water partition coefficient (Wildman–Crippen LogP) is 4.74. The number of hydrogen-bond donors (Lipinski definition) is 1. The van der Waals surface area contributed by atoms with Crippen LogP contribution in [0.15, 0.2) is 18.5 Å². The van der Waals surface area contributed by atoms with E-state index >= 15 is 0 Å². The Hall–Kier alpha value is -2.38. The van der Waals surface area contributed by atoms with Gasteiger partial charge in [0.05, 0.1) is 23.3 Å². The fraction of sp³-hybridized carbons (Fsp3) is 0.500. The van der Waals surface area contributed by atoms with E-state index in [4.69, 9.17) is 21.2 Å². The number of halogens is 4. The van der Waals surface area contributed by atoms with Crippen LogP contribution >= 0.6 is 11.6 Å². The van der Waals surface area contributed by atoms with E-state index in [-0.39, 0.29) is 6.15 Å². The molecule has 154 valence electrons. The van der Waals surface area contributed by atoms with E-state index in [1.165, 1.54) is 13.8 Å². The second-order valence-electron chi connectivity index (χ2n) is 6.62. The lowest BCUT2D eigenvalue weighted by Gasteiger charge is -2.28. The highest BCUT2D eigenvalue weighted by atomic mass is 35.5. The maximum Gasteiger partial charge on any atom is 0.391 e. The maximum atomic E-state index is 12.7. The highest BCUT2D eigenvalue weighted by Gasteiger charge is 2.36. The lowest BCUT2D eigenvalue weighted by molar-refractivity contribution is -0.191. The number of hydrogen-bond acceptors (Lipinski definition) is 5. The lowest BCUT2D eigenvalue weighted by Crippen LogP contribution is -2.36. The van der Waals surface area contributed by atoms with Gasteiger partial charge < -0.3 is 5.32 Å². The van der Waals surface area contributed by atoms with Crippen molar-refractivity contribution in [1.82, 2.24) is 14.8 Å². The van der Waals surface area contributed by atoms with Crippen molar-refractivity contribution in [3.63, 3.8) is 0 Å². The quantitative estimate of drug-likeness (QED) is 0.733. The third-order valence-corrected chi connectivity index (χ3v) is 4.11. The number of anilines is 1. The molecule has 0 aliphatic rings. The largest absolute Gasteiger partial charge is 0.391 e. The summed E-state index contributed by atoms with van der Waals surface area (Å²) in [6.45, 7) is 7.60. The van der Waals surface area contributed by atoms with Crippen molar-refractivity contribution in [3.8, 4) is 11.3 Å². The zero-order chi connectivity index (χ0) is 21.5. The normalized spacial score (nSPS) is 11.4. The number of aromatic nitrogens is 3. The van der Waals surface area contributed by atoms with Crippen LogP contribution < -0.4 is 5.32 Å². The molecule has 2 heterocycles. The van der Waals surface area contributed by atoms with Crippen molar-refractivity contribution < 1.29 is 22.8 Å². The van der Waals surface area contributed by atoms with Gasteiger partial charge in [-0.05, 0) is 38.8 Å². The third kappa shape index (κ3) is 6.65. The lowest BCUT2D eigenvalue weighted by atomic mass is 9.99. The van der Waals surface area contributed by atoms with Gasteiger partial charge in [-0.3, -0.25) is 4.68 Å². The van der Waals surface area contributed by atoms with Crippen molar-refractivity contribution in [1.29, 1.82) is 0 Å². The zero-order valence-electron chi connectivity index (χ0n) is 16.0. The maximum absolute atomic E-state index is 12.7. The molecule has 0 radical (unpaired) electrons. The Labute approximate surface area is 166 Å². The molecule has 28 heavy (non-hydrogen) atoms. The first-order chi connectivity index (χ1) is 13.0. The highest BCUT2D eigenvalue weighted by Crippen LogP contribution is 2.33. The Morgan fingerprint density at radius 3 is 2.32 bits per heavy atom. The third-order valence-electron chi connectivity index (χ3n) is 3.83. The number of carbonyl (C=O) groups excluding carboxylic acids is 2. The molecule has 0 aliphatic carbocycles. The molecule has 0 aliphatic heterocycles. The SMILES string of the molecule is CCc1cc(NC(C)(C)CC(F)(F)F)ncc1-c1c(Cl)cnn1CC.O=C=O. The van der Waals surface area contributed by atoms with Gasteiger partial charge in [-0.25, -0.2) is 4.98 Å². The first-order valence-corrected chi connectivity index (χ1v) is 8.90. The van der Waals surface area contributed by atoms with E-state index in [2.05, 4.69) is 15.4 Å². The fourth-order valence-electron chi connectivity index (χ4n) is 2.83. The number of nitrogens with zero attached hydrogens (tertiary/aromatic N) is 3. The first-order valence-electron chi connectivity index (χ1n) is 8.52. The van der Waals surface area contributed by atoms with Crippen LogP contribution in [0, 0.1) is 0 Å². The van der Waals surface area contributed by atoms with Crippen molar-refractivity contribution in [3.05, 3.63) is 29.0 Å². The number of aryl methyl sites for hydroxylation is 2. The highest BCUT2D eigenvalue weighted by molar-refractivity contribution is 6.33. The summed E-state index contributed by atoms with van der Waals surface area (Å²) in [7, 11) is 0. The van der Waals surface area contributed by atoms with Crippen LogP contribution in [0.5, 0.6) is 0 Å². The van der Waals surface area contributed by atoms with Gasteiger partial charge in [-0.2, -0.15) is 27.9 Å². The summed E-state index contributed by atoms with van der Waals surface area (Å²) in [5, 5.41) is 7.63. The topological polar surface area (TPSA) is 76.9 Å². The molecular weight excluding hydrogens is 397 g/mol. The van der Waals surface area contributed by atoms with Crippen molar-refractivity contribution in [2.45, 2.75) is 58.8 Å². The van der Waals surface area contributed by atoms with Crippen LogP contribution in [0.25, 0.3) is 11.3 Å². The van der Waals surface area contributed by atoms with Crippen LogP contribution in [0.4, 0.5) is 19.0 Å². The molecule has 2 aromatic heterocycles. The molecule has 0 saturated heterocycles. The molecule has 0 unspecified atom stereocenters. The van der Waals surface area contributed by atoms with Gasteiger partial charge in [0.25, 0.3) is 0 Å². The average molecular weight is 419 g/mol. The van der Waals surface area contributed by atoms with Crippen LogP contribution in [0.1, 0.15) is 39.7 Å². The molecule has 0 atom stereocenters. The van der Waals surface area contributed by atoms with Gasteiger partial charge in [-0.15, -0.1) is 0 Å². The van der Waals surface area contributed by atoms with E-state index < -0.39 is 18.1 Å². The molecule has 6 nitrogen and oxygen atoms in total. The Balaban J connectivity index is 0.00000122. The van der Waals surface area contributed by atoms with Crippen LogP contribution in [0.3, 0.4) is 0 Å². The molecular formula is C18H22ClF3N4O2. The number of pyridine rings is 1. The molecule has 0 fully saturated rings. The van der Waals surface area contributed by atoms with Gasteiger partial charge in [0.15, 0.2) is 0 Å². The summed E-state index contributed by atoms with van der Waals surface area (Å²) in [6, 6.07) is 1.77. The summed E-state index contributed by atoms with van der Waals surface area (Å²) in [6.07, 6.45) is -1.03. The van der Waals surface area contributed by atoms with E-state index in [1.807, 2.05) is 13.8 Å². The predicted molar refractivity (Wildman–Crippen MR) is 98.9 cm³/mol. The second-order valence-corrected chi connectivity index (χ2v) is 7.03. The zero-order valence-corrected chi connectivity index (χ0v) is 16.8. The van der Waals surface area contributed by atoms with Crippen molar-refractivity contribution in [2.75, 3.05) is 5.32 Å². The number of alkyl halides is 3. The molecule has 1 N–H and O–H groups in total. The Morgan fingerprint density at radius 1 is 1.21 bits per heavy atom. The average Bonchev–Trinajstić information content (AvgIpc) is 2.93. The minimum Gasteiger partial charge on any atom is -0.365 e. The molecule has 2 rings (SSSR count). The summed E-state index contributed by atoms with van der Waals surface area (Å²) < 4.78 is 39.9.